The van der Waals surface area contributed by atoms with E-state index in [-0.39, 0.29) is 12.5 Å². The van der Waals surface area contributed by atoms with Gasteiger partial charge in [-0.1, -0.05) is 6.07 Å². The van der Waals surface area contributed by atoms with Gasteiger partial charge in [0.1, 0.15) is 5.41 Å². The van der Waals surface area contributed by atoms with Gasteiger partial charge in [0.25, 0.3) is 0 Å². The van der Waals surface area contributed by atoms with Crippen molar-refractivity contribution < 1.29 is 14.0 Å². The maximum absolute atomic E-state index is 12.6. The quantitative estimate of drug-likeness (QED) is 0.648. The zero-order valence-corrected chi connectivity index (χ0v) is 16.6. The molecule has 3 heterocycles. The van der Waals surface area contributed by atoms with Gasteiger partial charge in [-0.25, -0.2) is 4.79 Å². The molecular formula is C21H23N5O4. The number of nitrogens with zero attached hydrogens (tertiary/aromatic N) is 3. The van der Waals surface area contributed by atoms with Crippen LogP contribution >= 0.6 is 0 Å². The second kappa shape index (κ2) is 7.75. The maximum Gasteiger partial charge on any atom is 0.419 e. The lowest BCUT2D eigenvalue weighted by molar-refractivity contribution is -0.127. The highest BCUT2D eigenvalue weighted by molar-refractivity contribution is 5.94. The molecule has 3 aromatic rings. The molecule has 0 spiro atoms. The van der Waals surface area contributed by atoms with Crippen molar-refractivity contribution >= 4 is 28.6 Å². The van der Waals surface area contributed by atoms with Gasteiger partial charge in [0.05, 0.1) is 17.8 Å². The van der Waals surface area contributed by atoms with Crippen LogP contribution in [0.1, 0.15) is 18.5 Å². The molecule has 0 saturated carbocycles. The third-order valence-electron chi connectivity index (χ3n) is 5.64. The number of aromatic nitrogens is 2. The number of piperidine rings is 1. The third kappa shape index (κ3) is 3.59. The predicted octanol–water partition coefficient (Wildman–Crippen LogP) is 0.984. The summed E-state index contributed by atoms with van der Waals surface area (Å²) in [4.78, 5) is 42.9. The van der Waals surface area contributed by atoms with Crippen molar-refractivity contribution in [1.29, 1.82) is 0 Å². The Hall–Kier alpha value is -3.46. The van der Waals surface area contributed by atoms with Gasteiger partial charge in [0.15, 0.2) is 5.58 Å². The molecule has 4 rings (SSSR count). The lowest BCUT2D eigenvalue weighted by atomic mass is 9.76. The molecule has 3 N–H and O–H groups in total. The van der Waals surface area contributed by atoms with Crippen LogP contribution in [0.2, 0.25) is 0 Å². The molecule has 1 saturated heterocycles. The molecule has 0 unspecified atom stereocenters. The SMILES string of the molecule is Cn1c(=O)oc2cc(NC(=O)CN3CCC[C@](C(N)=O)(c4ccccn4)C3)ccc21. The van der Waals surface area contributed by atoms with E-state index in [1.54, 1.807) is 43.6 Å². The molecule has 2 aromatic heterocycles. The number of nitrogens with two attached hydrogens (primary N) is 1. The summed E-state index contributed by atoms with van der Waals surface area (Å²) in [5.41, 5.74) is 7.08. The summed E-state index contributed by atoms with van der Waals surface area (Å²) in [6, 6.07) is 10.5. The molecule has 0 radical (unpaired) electrons. The average Bonchev–Trinajstić information content (AvgIpc) is 3.01. The van der Waals surface area contributed by atoms with E-state index in [0.717, 1.165) is 6.42 Å². The van der Waals surface area contributed by atoms with E-state index in [0.29, 0.717) is 42.0 Å². The fourth-order valence-electron chi connectivity index (χ4n) is 4.08. The number of amides is 2. The van der Waals surface area contributed by atoms with Crippen molar-refractivity contribution in [3.8, 4) is 0 Å². The summed E-state index contributed by atoms with van der Waals surface area (Å²) < 4.78 is 6.56. The lowest BCUT2D eigenvalue weighted by Crippen LogP contribution is -2.55. The Morgan fingerprint density at radius 1 is 1.30 bits per heavy atom. The van der Waals surface area contributed by atoms with Crippen LogP contribution < -0.4 is 16.8 Å². The fraction of sp³-hybridized carbons (Fsp3) is 0.333. The second-order valence-corrected chi connectivity index (χ2v) is 7.63. The summed E-state index contributed by atoms with van der Waals surface area (Å²) >= 11 is 0. The topological polar surface area (TPSA) is 123 Å². The van der Waals surface area contributed by atoms with E-state index >= 15 is 0 Å². The molecule has 1 aromatic carbocycles. The van der Waals surface area contributed by atoms with Crippen molar-refractivity contribution in [2.45, 2.75) is 18.3 Å². The Labute approximate surface area is 172 Å². The van der Waals surface area contributed by atoms with E-state index in [4.69, 9.17) is 10.2 Å². The van der Waals surface area contributed by atoms with Crippen LogP contribution in [0.5, 0.6) is 0 Å². The largest absolute Gasteiger partial charge is 0.419 e. The fourth-order valence-corrected chi connectivity index (χ4v) is 4.08. The first kappa shape index (κ1) is 19.8. The highest BCUT2D eigenvalue weighted by Gasteiger charge is 2.43. The summed E-state index contributed by atoms with van der Waals surface area (Å²) in [6.07, 6.45) is 2.97. The Balaban J connectivity index is 1.48. The van der Waals surface area contributed by atoms with Crippen LogP contribution in [-0.2, 0) is 22.1 Å². The minimum absolute atomic E-state index is 0.110. The molecule has 1 fully saturated rings. The van der Waals surface area contributed by atoms with Gasteiger partial charge in [-0.05, 0) is 43.7 Å². The highest BCUT2D eigenvalue weighted by atomic mass is 16.4. The zero-order chi connectivity index (χ0) is 21.3. The number of oxazole rings is 1. The molecule has 0 aliphatic carbocycles. The molecule has 1 aliphatic heterocycles. The smallest absolute Gasteiger partial charge is 0.408 e. The van der Waals surface area contributed by atoms with Crippen LogP contribution in [0.4, 0.5) is 5.69 Å². The van der Waals surface area contributed by atoms with Gasteiger partial charge in [-0.15, -0.1) is 0 Å². The Bertz CT molecular complexity index is 1150. The molecule has 9 heteroatoms. The van der Waals surface area contributed by atoms with Gasteiger partial charge in [-0.2, -0.15) is 0 Å². The molecule has 2 amide bonds. The monoisotopic (exact) mass is 409 g/mol. The number of carbonyl (C=O) groups excluding carboxylic acids is 2. The molecular weight excluding hydrogens is 386 g/mol. The Morgan fingerprint density at radius 2 is 2.13 bits per heavy atom. The normalized spacial score (nSPS) is 19.6. The first-order valence-corrected chi connectivity index (χ1v) is 9.72. The predicted molar refractivity (Wildman–Crippen MR) is 111 cm³/mol. The molecule has 156 valence electrons. The molecule has 9 nitrogen and oxygen atoms in total. The number of hydrogen-bond donors (Lipinski definition) is 2. The van der Waals surface area contributed by atoms with Crippen molar-refractivity contribution in [3.63, 3.8) is 0 Å². The highest BCUT2D eigenvalue weighted by Crippen LogP contribution is 2.32. The van der Waals surface area contributed by atoms with Crippen LogP contribution in [0.15, 0.2) is 51.8 Å². The number of carbonyl (C=O) groups is 2. The second-order valence-electron chi connectivity index (χ2n) is 7.63. The van der Waals surface area contributed by atoms with Gasteiger partial charge in [0, 0.05) is 31.5 Å². The zero-order valence-electron chi connectivity index (χ0n) is 16.6. The van der Waals surface area contributed by atoms with Gasteiger partial charge in [-0.3, -0.25) is 24.0 Å². The molecule has 1 aliphatic rings. The van der Waals surface area contributed by atoms with Gasteiger partial charge < -0.3 is 15.5 Å². The van der Waals surface area contributed by atoms with E-state index in [9.17, 15) is 14.4 Å². The number of benzene rings is 1. The maximum atomic E-state index is 12.6. The lowest BCUT2D eigenvalue weighted by Gasteiger charge is -2.40. The van der Waals surface area contributed by atoms with E-state index in [2.05, 4.69) is 10.3 Å². The van der Waals surface area contributed by atoms with Crippen LogP contribution in [0.25, 0.3) is 11.1 Å². The van der Waals surface area contributed by atoms with Gasteiger partial charge >= 0.3 is 5.76 Å². The van der Waals surface area contributed by atoms with E-state index in [1.165, 1.54) is 4.57 Å². The Kier molecular flexibility index (Phi) is 5.13. The number of anilines is 1. The number of rotatable bonds is 5. The summed E-state index contributed by atoms with van der Waals surface area (Å²) in [7, 11) is 1.62. The first-order valence-electron chi connectivity index (χ1n) is 9.72. The van der Waals surface area contributed by atoms with Crippen LogP contribution in [0.3, 0.4) is 0 Å². The average molecular weight is 409 g/mol. The van der Waals surface area contributed by atoms with Crippen molar-refractivity contribution in [3.05, 3.63) is 58.8 Å². The third-order valence-corrected chi connectivity index (χ3v) is 5.64. The summed E-state index contributed by atoms with van der Waals surface area (Å²) in [5.74, 6) is -1.12. The van der Waals surface area contributed by atoms with Crippen molar-refractivity contribution in [2.24, 2.45) is 12.8 Å². The molecule has 30 heavy (non-hydrogen) atoms. The van der Waals surface area contributed by atoms with Crippen LogP contribution in [0, 0.1) is 0 Å². The first-order chi connectivity index (χ1) is 14.4. The number of nitrogens with one attached hydrogen (secondary N) is 1. The van der Waals surface area contributed by atoms with Crippen molar-refractivity contribution in [2.75, 3.05) is 25.0 Å². The minimum atomic E-state index is -0.911. The van der Waals surface area contributed by atoms with E-state index < -0.39 is 17.1 Å². The molecule has 0 bridgehead atoms. The van der Waals surface area contributed by atoms with Crippen molar-refractivity contribution in [1.82, 2.24) is 14.5 Å². The summed E-state index contributed by atoms with van der Waals surface area (Å²) in [6.45, 7) is 1.12. The Morgan fingerprint density at radius 3 is 2.87 bits per heavy atom. The number of likely N-dealkylation sites (tertiary alicyclic amines) is 1. The number of fused-ring (bicyclic) bond motifs is 1. The number of pyridine rings is 1. The number of hydrogen-bond acceptors (Lipinski definition) is 6. The van der Waals surface area contributed by atoms with Crippen LogP contribution in [-0.4, -0.2) is 45.9 Å². The molecule has 1 atom stereocenters. The number of aryl methyl sites for hydroxylation is 1. The van der Waals surface area contributed by atoms with Gasteiger partial charge in [0.2, 0.25) is 11.8 Å². The summed E-state index contributed by atoms with van der Waals surface area (Å²) in [5, 5.41) is 2.82. The standard InChI is InChI=1S/C21H23N5O4/c1-25-15-7-6-14(11-16(15)30-20(25)29)24-18(27)12-26-10-4-8-21(13-26,19(22)28)17-5-2-3-9-23-17/h2-3,5-7,9,11H,4,8,10,12-13H2,1H3,(H2,22,28)(H,24,27)/t21-/m1/s1. The van der Waals surface area contributed by atoms with E-state index in [1.807, 2.05) is 11.0 Å². The minimum Gasteiger partial charge on any atom is -0.408 e. The number of primary amides is 1.